The number of nitrogens with zero attached hydrogens (tertiary/aromatic N) is 2. The van der Waals surface area contributed by atoms with Crippen LogP contribution < -0.4 is 15.8 Å². The first kappa shape index (κ1) is 23.4. The average molecular weight is 467 g/mol. The number of hydrogen-bond donors (Lipinski definition) is 2. The van der Waals surface area contributed by atoms with Crippen molar-refractivity contribution >= 4 is 17.8 Å². The van der Waals surface area contributed by atoms with Crippen LogP contribution in [0.3, 0.4) is 0 Å². The summed E-state index contributed by atoms with van der Waals surface area (Å²) in [6.07, 6.45) is -4.65. The molecule has 1 fully saturated rings. The van der Waals surface area contributed by atoms with Gasteiger partial charge in [0.1, 0.15) is 5.75 Å². The molecule has 1 aliphatic carbocycles. The zero-order valence-corrected chi connectivity index (χ0v) is 18.7. The van der Waals surface area contributed by atoms with Crippen LogP contribution in [-0.4, -0.2) is 47.0 Å². The van der Waals surface area contributed by atoms with Crippen molar-refractivity contribution in [1.82, 2.24) is 10.2 Å². The Balaban J connectivity index is 1.40. The average Bonchev–Trinajstić information content (AvgIpc) is 3.55. The maximum Gasteiger partial charge on any atom is 0.425 e. The number of alkyl halides is 3. The van der Waals surface area contributed by atoms with Gasteiger partial charge in [-0.1, -0.05) is 32.0 Å². The fourth-order valence-electron chi connectivity index (χ4n) is 4.74. The van der Waals surface area contributed by atoms with Crippen LogP contribution in [0.2, 0.25) is 0 Å². The molecular formula is C23H29F3N4O3. The first-order chi connectivity index (χ1) is 15.6. The zero-order chi connectivity index (χ0) is 24.0. The largest absolute Gasteiger partial charge is 0.480 e. The van der Waals surface area contributed by atoms with Crippen LogP contribution in [0.25, 0.3) is 0 Å². The third kappa shape index (κ3) is 4.65. The number of rotatable bonds is 6. The van der Waals surface area contributed by atoms with E-state index in [1.165, 1.54) is 11.0 Å². The van der Waals surface area contributed by atoms with Crippen molar-refractivity contribution in [3.63, 3.8) is 0 Å². The Hall–Kier alpha value is -2.78. The summed E-state index contributed by atoms with van der Waals surface area (Å²) in [6.45, 7) is 4.23. The third-order valence-electron chi connectivity index (χ3n) is 7.10. The van der Waals surface area contributed by atoms with Gasteiger partial charge >= 0.3 is 6.18 Å². The molecule has 1 aromatic rings. The summed E-state index contributed by atoms with van der Waals surface area (Å²) < 4.78 is 45.1. The van der Waals surface area contributed by atoms with Gasteiger partial charge in [0.15, 0.2) is 12.1 Å². The summed E-state index contributed by atoms with van der Waals surface area (Å²) >= 11 is 0. The number of benzene rings is 1. The molecule has 1 aromatic carbocycles. The van der Waals surface area contributed by atoms with Gasteiger partial charge in [0.2, 0.25) is 11.8 Å². The number of carbonyl (C=O) groups excluding carboxylic acids is 2. The molecule has 0 saturated heterocycles. The molecule has 3 N–H and O–H groups in total. The van der Waals surface area contributed by atoms with Gasteiger partial charge in [-0.2, -0.15) is 13.2 Å². The molecule has 0 radical (unpaired) electrons. The first-order valence-electron chi connectivity index (χ1n) is 11.3. The number of guanidine groups is 1. The highest BCUT2D eigenvalue weighted by molar-refractivity contribution is 5.99. The fourth-order valence-corrected chi connectivity index (χ4v) is 4.74. The van der Waals surface area contributed by atoms with E-state index in [1.807, 2.05) is 13.8 Å². The van der Waals surface area contributed by atoms with Gasteiger partial charge in [0, 0.05) is 24.4 Å². The van der Waals surface area contributed by atoms with Crippen LogP contribution >= 0.6 is 0 Å². The molecule has 4 atom stereocenters. The second-order valence-electron chi connectivity index (χ2n) is 9.17. The third-order valence-corrected chi connectivity index (χ3v) is 7.10. The van der Waals surface area contributed by atoms with Crippen molar-refractivity contribution in [2.24, 2.45) is 22.6 Å². The maximum absolute atomic E-state index is 13.3. The van der Waals surface area contributed by atoms with Gasteiger partial charge in [0.05, 0.1) is 18.0 Å². The summed E-state index contributed by atoms with van der Waals surface area (Å²) in [5.41, 5.74) is 6.15. The number of nitrogens with one attached hydrogen (secondary N) is 1. The number of halogens is 3. The van der Waals surface area contributed by atoms with E-state index in [0.29, 0.717) is 24.8 Å². The van der Waals surface area contributed by atoms with Gasteiger partial charge in [0.25, 0.3) is 0 Å². The molecule has 33 heavy (non-hydrogen) atoms. The number of para-hydroxylation sites is 1. The van der Waals surface area contributed by atoms with Gasteiger partial charge in [-0.05, 0) is 31.2 Å². The highest BCUT2D eigenvalue weighted by Crippen LogP contribution is 2.43. The lowest BCUT2D eigenvalue weighted by atomic mass is 9.88. The molecule has 2 aliphatic heterocycles. The maximum atomic E-state index is 13.3. The van der Waals surface area contributed by atoms with E-state index in [0.717, 1.165) is 0 Å². The smallest absolute Gasteiger partial charge is 0.425 e. The van der Waals surface area contributed by atoms with Crippen molar-refractivity contribution in [2.75, 3.05) is 6.54 Å². The number of fused-ring (bicyclic) bond motifs is 1. The van der Waals surface area contributed by atoms with Crippen molar-refractivity contribution in [3.8, 4) is 5.75 Å². The minimum absolute atomic E-state index is 0.105. The lowest BCUT2D eigenvalue weighted by Gasteiger charge is -2.36. The van der Waals surface area contributed by atoms with Crippen molar-refractivity contribution in [1.29, 1.82) is 0 Å². The van der Waals surface area contributed by atoms with Gasteiger partial charge in [-0.3, -0.25) is 14.5 Å². The number of aliphatic imine (C=N–C) groups is 1. The second kappa shape index (κ2) is 8.53. The molecule has 3 aliphatic rings. The van der Waals surface area contributed by atoms with E-state index in [2.05, 4.69) is 10.3 Å². The lowest BCUT2D eigenvalue weighted by molar-refractivity contribution is -0.201. The van der Waals surface area contributed by atoms with Crippen LogP contribution in [0.4, 0.5) is 13.2 Å². The molecule has 180 valence electrons. The van der Waals surface area contributed by atoms with Crippen LogP contribution in [0, 0.1) is 11.8 Å². The first-order valence-corrected chi connectivity index (χ1v) is 11.3. The Kier molecular flexibility index (Phi) is 6.05. The second-order valence-corrected chi connectivity index (χ2v) is 9.17. The Bertz CT molecular complexity index is 961. The zero-order valence-electron chi connectivity index (χ0n) is 18.7. The quantitative estimate of drug-likeness (QED) is 0.672. The predicted molar refractivity (Wildman–Crippen MR) is 115 cm³/mol. The highest BCUT2D eigenvalue weighted by atomic mass is 19.4. The van der Waals surface area contributed by atoms with E-state index < -0.39 is 23.9 Å². The molecule has 2 amide bonds. The Morgan fingerprint density at radius 2 is 1.97 bits per heavy atom. The fraction of sp³-hybridized carbons (Fsp3) is 0.609. The van der Waals surface area contributed by atoms with Gasteiger partial charge < -0.3 is 15.8 Å². The number of amides is 2. The van der Waals surface area contributed by atoms with E-state index in [1.54, 1.807) is 18.2 Å². The highest BCUT2D eigenvalue weighted by Gasteiger charge is 2.49. The normalized spacial score (nSPS) is 28.5. The van der Waals surface area contributed by atoms with Gasteiger partial charge in [-0.25, -0.2) is 4.99 Å². The Morgan fingerprint density at radius 1 is 1.27 bits per heavy atom. The van der Waals surface area contributed by atoms with Crippen molar-refractivity contribution in [2.45, 2.75) is 69.8 Å². The minimum Gasteiger partial charge on any atom is -0.480 e. The summed E-state index contributed by atoms with van der Waals surface area (Å²) in [5.74, 6) is -0.613. The summed E-state index contributed by atoms with van der Waals surface area (Å²) in [4.78, 5) is 31.6. The minimum atomic E-state index is -4.53. The topological polar surface area (TPSA) is 97.0 Å². The number of ether oxygens (including phenoxy) is 1. The monoisotopic (exact) mass is 466 g/mol. The van der Waals surface area contributed by atoms with Crippen LogP contribution in [0.15, 0.2) is 29.3 Å². The van der Waals surface area contributed by atoms with E-state index in [9.17, 15) is 22.8 Å². The summed E-state index contributed by atoms with van der Waals surface area (Å²) in [7, 11) is 0. The molecule has 10 heteroatoms. The standard InChI is InChI=1S/C23H29F3N4O3/c1-3-22(4-2)11-19(31)30(21(27)29-22)12-13-9-15(13)20(32)28-16-10-18(23(24,25)26)33-17-8-6-5-7-14(16)17/h5-8,13,15-16,18H,3-4,9-12H2,1-2H3,(H2,27,29)(H,28,32)/t13?,15?,16-,18?/m0/s1. The summed E-state index contributed by atoms with van der Waals surface area (Å²) in [6, 6.07) is 5.64. The number of nitrogens with two attached hydrogens (primary N) is 1. The molecule has 4 rings (SSSR count). The lowest BCUT2D eigenvalue weighted by Crippen LogP contribution is -2.52. The molecule has 1 saturated carbocycles. The molecule has 0 aromatic heterocycles. The Labute approximate surface area is 190 Å². The SMILES string of the molecule is CCC1(CC)CC(=O)N(CC2CC2C(=O)N[C@H]2CC(C(F)(F)F)Oc3ccccc32)C(N)=N1. The van der Waals surface area contributed by atoms with E-state index in [-0.39, 0.29) is 54.7 Å². The van der Waals surface area contributed by atoms with Crippen LogP contribution in [0.1, 0.15) is 57.6 Å². The molecule has 0 spiro atoms. The summed E-state index contributed by atoms with van der Waals surface area (Å²) in [5, 5.41) is 2.78. The molecule has 0 bridgehead atoms. The molecular weight excluding hydrogens is 437 g/mol. The van der Waals surface area contributed by atoms with E-state index >= 15 is 0 Å². The van der Waals surface area contributed by atoms with E-state index in [4.69, 9.17) is 10.5 Å². The van der Waals surface area contributed by atoms with Crippen molar-refractivity contribution in [3.05, 3.63) is 29.8 Å². The number of carbonyl (C=O) groups is 2. The van der Waals surface area contributed by atoms with Crippen molar-refractivity contribution < 1.29 is 27.5 Å². The Morgan fingerprint density at radius 3 is 2.61 bits per heavy atom. The molecule has 2 heterocycles. The van der Waals surface area contributed by atoms with Crippen LogP contribution in [0.5, 0.6) is 5.75 Å². The number of hydrogen-bond acceptors (Lipinski definition) is 5. The van der Waals surface area contributed by atoms with Crippen LogP contribution in [-0.2, 0) is 9.59 Å². The van der Waals surface area contributed by atoms with Gasteiger partial charge in [-0.15, -0.1) is 0 Å². The predicted octanol–water partition coefficient (Wildman–Crippen LogP) is 3.30. The molecule has 3 unspecified atom stereocenters. The molecule has 7 nitrogen and oxygen atoms in total.